The Morgan fingerprint density at radius 1 is 1.28 bits per heavy atom. The van der Waals surface area contributed by atoms with Crippen LogP contribution in [-0.2, 0) is 0 Å². The van der Waals surface area contributed by atoms with Crippen LogP contribution in [0.1, 0.15) is 11.4 Å². The summed E-state index contributed by atoms with van der Waals surface area (Å²) in [5.74, 6) is 5.84. The summed E-state index contributed by atoms with van der Waals surface area (Å²) >= 11 is 3.44. The SMILES string of the molecule is COc1nc(NN)nc(-n2nc(C)c(Br)c2C)n1. The highest BCUT2D eigenvalue weighted by molar-refractivity contribution is 9.10. The first-order chi connectivity index (χ1) is 8.56. The molecule has 96 valence electrons. The molecule has 0 unspecified atom stereocenters. The van der Waals surface area contributed by atoms with Crippen molar-refractivity contribution in [3.63, 3.8) is 0 Å². The predicted molar refractivity (Wildman–Crippen MR) is 68.5 cm³/mol. The first-order valence-electron chi connectivity index (χ1n) is 5.05. The average Bonchev–Trinajstić information content (AvgIpc) is 2.65. The number of nitrogens with one attached hydrogen (secondary N) is 1. The van der Waals surface area contributed by atoms with Crippen LogP contribution in [0.25, 0.3) is 5.95 Å². The molecule has 0 aliphatic carbocycles. The Balaban J connectivity index is 2.59. The van der Waals surface area contributed by atoms with Gasteiger partial charge in [0.05, 0.1) is 23.0 Å². The van der Waals surface area contributed by atoms with Gasteiger partial charge in [-0.1, -0.05) is 0 Å². The van der Waals surface area contributed by atoms with Gasteiger partial charge in [-0.2, -0.15) is 20.1 Å². The van der Waals surface area contributed by atoms with Gasteiger partial charge in [-0.3, -0.25) is 5.43 Å². The summed E-state index contributed by atoms with van der Waals surface area (Å²) in [6, 6.07) is 0.164. The summed E-state index contributed by atoms with van der Waals surface area (Å²) in [7, 11) is 1.47. The normalized spacial score (nSPS) is 10.5. The molecule has 0 saturated carbocycles. The number of nitrogen functional groups attached to an aromatic ring is 1. The predicted octanol–water partition coefficient (Wildman–Crippen LogP) is 0.731. The molecule has 0 radical (unpaired) electrons. The van der Waals surface area contributed by atoms with E-state index < -0.39 is 0 Å². The van der Waals surface area contributed by atoms with E-state index in [-0.39, 0.29) is 12.0 Å². The van der Waals surface area contributed by atoms with E-state index in [0.717, 1.165) is 15.9 Å². The molecule has 0 spiro atoms. The van der Waals surface area contributed by atoms with E-state index >= 15 is 0 Å². The highest BCUT2D eigenvalue weighted by Gasteiger charge is 2.14. The molecule has 3 N–H and O–H groups in total. The average molecular weight is 314 g/mol. The van der Waals surface area contributed by atoms with E-state index in [1.54, 1.807) is 4.68 Å². The van der Waals surface area contributed by atoms with E-state index in [4.69, 9.17) is 10.6 Å². The fourth-order valence-corrected chi connectivity index (χ4v) is 1.66. The summed E-state index contributed by atoms with van der Waals surface area (Å²) in [5.41, 5.74) is 4.08. The molecule has 2 rings (SSSR count). The van der Waals surface area contributed by atoms with Crippen LogP contribution >= 0.6 is 15.9 Å². The summed E-state index contributed by atoms with van der Waals surface area (Å²) in [4.78, 5) is 12.2. The van der Waals surface area contributed by atoms with Crippen molar-refractivity contribution in [3.05, 3.63) is 15.9 Å². The van der Waals surface area contributed by atoms with Gasteiger partial charge in [0.2, 0.25) is 5.95 Å². The van der Waals surface area contributed by atoms with Crippen LogP contribution in [-0.4, -0.2) is 31.8 Å². The van der Waals surface area contributed by atoms with Gasteiger partial charge in [0.1, 0.15) is 0 Å². The quantitative estimate of drug-likeness (QED) is 0.636. The second kappa shape index (κ2) is 4.86. The number of aryl methyl sites for hydroxylation is 1. The third-order valence-corrected chi connectivity index (χ3v) is 3.45. The Bertz CT molecular complexity index is 560. The first-order valence-corrected chi connectivity index (χ1v) is 5.85. The largest absolute Gasteiger partial charge is 0.467 e. The molecule has 2 heterocycles. The van der Waals surface area contributed by atoms with Gasteiger partial charge in [-0.25, -0.2) is 10.5 Å². The van der Waals surface area contributed by atoms with Crippen LogP contribution in [0.5, 0.6) is 6.01 Å². The van der Waals surface area contributed by atoms with Crippen molar-refractivity contribution in [1.82, 2.24) is 24.7 Å². The zero-order chi connectivity index (χ0) is 13.3. The number of methoxy groups -OCH3 is 1. The molecule has 0 bridgehead atoms. The van der Waals surface area contributed by atoms with Gasteiger partial charge >= 0.3 is 6.01 Å². The monoisotopic (exact) mass is 313 g/mol. The van der Waals surface area contributed by atoms with Gasteiger partial charge in [0.25, 0.3) is 5.95 Å². The Kier molecular flexibility index (Phi) is 3.43. The molecule has 2 aromatic heterocycles. The van der Waals surface area contributed by atoms with E-state index in [2.05, 4.69) is 41.4 Å². The lowest BCUT2D eigenvalue weighted by Gasteiger charge is -2.06. The minimum absolute atomic E-state index is 0.164. The maximum atomic E-state index is 5.30. The van der Waals surface area contributed by atoms with E-state index in [1.807, 2.05) is 13.8 Å². The number of hydrazine groups is 1. The Hall–Kier alpha value is -1.74. The number of nitrogens with zero attached hydrogens (tertiary/aromatic N) is 5. The van der Waals surface area contributed by atoms with Gasteiger partial charge in [-0.05, 0) is 29.8 Å². The fourth-order valence-electron chi connectivity index (χ4n) is 1.41. The minimum Gasteiger partial charge on any atom is -0.467 e. The number of anilines is 1. The molecular formula is C9H12BrN7O. The van der Waals surface area contributed by atoms with Gasteiger partial charge < -0.3 is 4.74 Å². The van der Waals surface area contributed by atoms with Crippen LogP contribution < -0.4 is 16.0 Å². The molecule has 0 saturated heterocycles. The van der Waals surface area contributed by atoms with E-state index in [0.29, 0.717) is 5.95 Å². The third kappa shape index (κ3) is 2.14. The molecule has 8 nitrogen and oxygen atoms in total. The second-order valence-electron chi connectivity index (χ2n) is 3.49. The van der Waals surface area contributed by atoms with Crippen molar-refractivity contribution < 1.29 is 4.74 Å². The number of rotatable bonds is 3. The second-order valence-corrected chi connectivity index (χ2v) is 4.28. The summed E-state index contributed by atoms with van der Waals surface area (Å²) < 4.78 is 7.48. The van der Waals surface area contributed by atoms with Crippen molar-refractivity contribution in [1.29, 1.82) is 0 Å². The Morgan fingerprint density at radius 3 is 2.50 bits per heavy atom. The number of hydrogen-bond acceptors (Lipinski definition) is 7. The standard InChI is InChI=1S/C9H12BrN7O/c1-4-6(10)5(2)17(16-4)8-12-7(15-11)13-9(14-8)18-3/h11H2,1-3H3,(H,12,13,14,15). The number of aromatic nitrogens is 5. The van der Waals surface area contributed by atoms with Gasteiger partial charge in [0.15, 0.2) is 0 Å². The Morgan fingerprint density at radius 2 is 2.00 bits per heavy atom. The molecule has 18 heavy (non-hydrogen) atoms. The van der Waals surface area contributed by atoms with Crippen LogP contribution in [0, 0.1) is 13.8 Å². The van der Waals surface area contributed by atoms with Crippen molar-refractivity contribution in [2.45, 2.75) is 13.8 Å². The smallest absolute Gasteiger partial charge is 0.322 e. The number of hydrogen-bond donors (Lipinski definition) is 2. The van der Waals surface area contributed by atoms with Gasteiger partial charge in [-0.15, -0.1) is 0 Å². The summed E-state index contributed by atoms with van der Waals surface area (Å²) in [6.45, 7) is 3.78. The maximum Gasteiger partial charge on any atom is 0.322 e. The first kappa shape index (κ1) is 12.7. The maximum absolute atomic E-state index is 5.30. The third-order valence-electron chi connectivity index (χ3n) is 2.31. The van der Waals surface area contributed by atoms with Crippen molar-refractivity contribution >= 4 is 21.9 Å². The van der Waals surface area contributed by atoms with Crippen LogP contribution in [0.2, 0.25) is 0 Å². The van der Waals surface area contributed by atoms with Gasteiger partial charge in [0, 0.05) is 0 Å². The number of halogens is 1. The zero-order valence-electron chi connectivity index (χ0n) is 10.1. The minimum atomic E-state index is 0.164. The molecule has 0 aliphatic rings. The molecule has 0 aliphatic heterocycles. The van der Waals surface area contributed by atoms with Crippen molar-refractivity contribution in [2.75, 3.05) is 12.5 Å². The highest BCUT2D eigenvalue weighted by atomic mass is 79.9. The van der Waals surface area contributed by atoms with Crippen molar-refractivity contribution in [2.24, 2.45) is 5.84 Å². The zero-order valence-corrected chi connectivity index (χ0v) is 11.7. The summed E-state index contributed by atoms with van der Waals surface area (Å²) in [5, 5.41) is 4.32. The highest BCUT2D eigenvalue weighted by Crippen LogP contribution is 2.22. The topological polar surface area (TPSA) is 104 Å². The lowest BCUT2D eigenvalue weighted by Crippen LogP contribution is -2.15. The number of ether oxygens (including phenoxy) is 1. The van der Waals surface area contributed by atoms with Crippen LogP contribution in [0.4, 0.5) is 5.95 Å². The van der Waals surface area contributed by atoms with E-state index in [1.165, 1.54) is 7.11 Å². The number of nitrogens with two attached hydrogens (primary N) is 1. The molecule has 0 aromatic carbocycles. The van der Waals surface area contributed by atoms with E-state index in [9.17, 15) is 0 Å². The lowest BCUT2D eigenvalue weighted by molar-refractivity contribution is 0.377. The van der Waals surface area contributed by atoms with Crippen LogP contribution in [0.3, 0.4) is 0 Å². The molecule has 0 fully saturated rings. The molecular weight excluding hydrogens is 302 g/mol. The van der Waals surface area contributed by atoms with Crippen molar-refractivity contribution in [3.8, 4) is 12.0 Å². The Labute approximate surface area is 112 Å². The molecule has 0 amide bonds. The molecule has 9 heteroatoms. The summed E-state index contributed by atoms with van der Waals surface area (Å²) in [6.07, 6.45) is 0. The van der Waals surface area contributed by atoms with Crippen LogP contribution in [0.15, 0.2) is 4.47 Å². The molecule has 2 aromatic rings. The lowest BCUT2D eigenvalue weighted by atomic mass is 10.4. The fraction of sp³-hybridized carbons (Fsp3) is 0.333. The molecule has 0 atom stereocenters.